The number of anilines is 2. The standard InChI is InChI=1S/C45H40N2O4/c1-29-13-5-11-19-41(29)50-31(3)43(48)46-35-25-21-33(22-26-35)45(39-17-9-7-15-37(39)38-16-8-10-18-40(38)45)34-23-27-36(28-24-34)47-44(49)32(4)51-42-20-12-6-14-30(42)2/h5-28,31-32H,1-4H3,(H,46,48)(H,47,49)/t31-,32+. The summed E-state index contributed by atoms with van der Waals surface area (Å²) in [5.41, 5.74) is 9.46. The number of carbonyl (C=O) groups excluding carboxylic acids is 2. The van der Waals surface area contributed by atoms with Gasteiger partial charge in [-0.1, -0.05) is 109 Å². The van der Waals surface area contributed by atoms with Crippen LogP contribution in [-0.4, -0.2) is 24.0 Å². The normalized spacial score (nSPS) is 13.6. The second-order valence-corrected chi connectivity index (χ2v) is 13.0. The number of nitrogens with one attached hydrogen (secondary N) is 2. The van der Waals surface area contributed by atoms with Crippen molar-refractivity contribution in [1.29, 1.82) is 0 Å². The minimum absolute atomic E-state index is 0.228. The first-order valence-corrected chi connectivity index (χ1v) is 17.2. The number of amides is 2. The molecule has 6 aromatic carbocycles. The van der Waals surface area contributed by atoms with E-state index in [1.165, 1.54) is 22.3 Å². The van der Waals surface area contributed by atoms with Crippen molar-refractivity contribution in [3.63, 3.8) is 0 Å². The molecular formula is C45H40N2O4. The van der Waals surface area contributed by atoms with Gasteiger partial charge in [0.05, 0.1) is 5.41 Å². The Kier molecular flexibility index (Phi) is 9.16. The van der Waals surface area contributed by atoms with Crippen molar-refractivity contribution >= 4 is 23.2 Å². The third-order valence-corrected chi connectivity index (χ3v) is 9.66. The van der Waals surface area contributed by atoms with Crippen molar-refractivity contribution < 1.29 is 19.1 Å². The summed E-state index contributed by atoms with van der Waals surface area (Å²) in [6, 6.07) is 48.5. The lowest BCUT2D eigenvalue weighted by Crippen LogP contribution is -2.31. The van der Waals surface area contributed by atoms with Gasteiger partial charge in [-0.15, -0.1) is 0 Å². The van der Waals surface area contributed by atoms with E-state index in [0.717, 1.165) is 22.3 Å². The summed E-state index contributed by atoms with van der Waals surface area (Å²) >= 11 is 0. The molecular weight excluding hydrogens is 633 g/mol. The van der Waals surface area contributed by atoms with Gasteiger partial charge in [0.15, 0.2) is 12.2 Å². The van der Waals surface area contributed by atoms with Gasteiger partial charge in [0.25, 0.3) is 11.8 Å². The van der Waals surface area contributed by atoms with Crippen molar-refractivity contribution in [3.05, 3.63) is 179 Å². The summed E-state index contributed by atoms with van der Waals surface area (Å²) in [6.07, 6.45) is -1.36. The van der Waals surface area contributed by atoms with Crippen molar-refractivity contribution in [1.82, 2.24) is 0 Å². The predicted molar refractivity (Wildman–Crippen MR) is 204 cm³/mol. The zero-order chi connectivity index (χ0) is 35.5. The van der Waals surface area contributed by atoms with Crippen LogP contribution in [0.15, 0.2) is 146 Å². The monoisotopic (exact) mass is 672 g/mol. The number of carbonyl (C=O) groups is 2. The molecule has 6 aromatic rings. The number of hydrogen-bond acceptors (Lipinski definition) is 4. The number of rotatable bonds is 10. The molecule has 0 unspecified atom stereocenters. The maximum atomic E-state index is 13.2. The number of para-hydroxylation sites is 2. The van der Waals surface area contributed by atoms with Gasteiger partial charge < -0.3 is 20.1 Å². The van der Waals surface area contributed by atoms with Crippen LogP contribution in [0.4, 0.5) is 11.4 Å². The van der Waals surface area contributed by atoms with E-state index in [-0.39, 0.29) is 11.8 Å². The number of hydrogen-bond donors (Lipinski definition) is 2. The number of benzene rings is 6. The zero-order valence-electron chi connectivity index (χ0n) is 29.1. The first kappa shape index (κ1) is 33.4. The fraction of sp³-hybridized carbons (Fsp3) is 0.156. The van der Waals surface area contributed by atoms with Gasteiger partial charge in [-0.2, -0.15) is 0 Å². The fourth-order valence-corrected chi connectivity index (χ4v) is 6.98. The van der Waals surface area contributed by atoms with Crippen LogP contribution in [0.25, 0.3) is 11.1 Å². The topological polar surface area (TPSA) is 76.7 Å². The maximum Gasteiger partial charge on any atom is 0.265 e. The predicted octanol–water partition coefficient (Wildman–Crippen LogP) is 9.48. The SMILES string of the molecule is Cc1ccccc1O[C@@H](C)C(=O)Nc1ccc(C2(c3ccc(NC(=O)[C@@H](C)Oc4ccccc4C)cc3)c3ccccc3-c3ccccc32)cc1. The molecule has 51 heavy (non-hydrogen) atoms. The maximum absolute atomic E-state index is 13.2. The van der Waals surface area contributed by atoms with Crippen LogP contribution in [0.5, 0.6) is 11.5 Å². The molecule has 6 heteroatoms. The fourth-order valence-electron chi connectivity index (χ4n) is 6.98. The Hall–Kier alpha value is -6.14. The molecule has 6 nitrogen and oxygen atoms in total. The van der Waals surface area contributed by atoms with Crippen LogP contribution in [0.1, 0.15) is 47.2 Å². The molecule has 0 saturated carbocycles. The summed E-state index contributed by atoms with van der Waals surface area (Å²) in [6.45, 7) is 7.42. The Bertz CT molecular complexity index is 2050. The van der Waals surface area contributed by atoms with Gasteiger partial charge in [0.2, 0.25) is 0 Å². The molecule has 0 radical (unpaired) electrons. The zero-order valence-corrected chi connectivity index (χ0v) is 29.1. The van der Waals surface area contributed by atoms with Crippen molar-refractivity contribution in [2.45, 2.75) is 45.3 Å². The molecule has 2 atom stereocenters. The lowest BCUT2D eigenvalue weighted by Gasteiger charge is -2.34. The average Bonchev–Trinajstić information content (AvgIpc) is 3.45. The van der Waals surface area contributed by atoms with E-state index in [0.29, 0.717) is 22.9 Å². The molecule has 0 saturated heterocycles. The minimum atomic E-state index is -0.679. The summed E-state index contributed by atoms with van der Waals surface area (Å²) in [5, 5.41) is 6.06. The van der Waals surface area contributed by atoms with E-state index in [1.54, 1.807) is 13.8 Å². The summed E-state index contributed by atoms with van der Waals surface area (Å²) in [5.74, 6) is 0.917. The van der Waals surface area contributed by atoms with E-state index in [2.05, 4.69) is 83.4 Å². The molecule has 0 aliphatic heterocycles. The Labute approximate surface area is 299 Å². The largest absolute Gasteiger partial charge is 0.481 e. The third kappa shape index (κ3) is 6.37. The molecule has 2 amide bonds. The molecule has 0 aromatic heterocycles. The lowest BCUT2D eigenvalue weighted by molar-refractivity contribution is -0.122. The van der Waals surface area contributed by atoms with Crippen LogP contribution in [0.3, 0.4) is 0 Å². The Morgan fingerprint density at radius 2 is 0.843 bits per heavy atom. The van der Waals surface area contributed by atoms with Crippen molar-refractivity contribution in [2.75, 3.05) is 10.6 Å². The quantitative estimate of drug-likeness (QED) is 0.152. The van der Waals surface area contributed by atoms with E-state index in [1.807, 2.05) is 86.6 Å². The highest BCUT2D eigenvalue weighted by molar-refractivity contribution is 5.95. The highest BCUT2D eigenvalue weighted by Crippen LogP contribution is 2.56. The van der Waals surface area contributed by atoms with E-state index < -0.39 is 17.6 Å². The number of ether oxygens (including phenoxy) is 2. The second kappa shape index (κ2) is 14.0. The smallest absolute Gasteiger partial charge is 0.265 e. The van der Waals surface area contributed by atoms with Crippen LogP contribution in [0, 0.1) is 13.8 Å². The molecule has 0 heterocycles. The van der Waals surface area contributed by atoms with Gasteiger partial charge >= 0.3 is 0 Å². The first-order chi connectivity index (χ1) is 24.8. The highest BCUT2D eigenvalue weighted by Gasteiger charge is 2.45. The third-order valence-electron chi connectivity index (χ3n) is 9.66. The van der Waals surface area contributed by atoms with Gasteiger partial charge in [-0.25, -0.2) is 0 Å². The Morgan fingerprint density at radius 1 is 0.490 bits per heavy atom. The molecule has 0 fully saturated rings. The van der Waals surface area contributed by atoms with Crippen LogP contribution >= 0.6 is 0 Å². The molecule has 0 spiro atoms. The van der Waals surface area contributed by atoms with Crippen LogP contribution < -0.4 is 20.1 Å². The van der Waals surface area contributed by atoms with Crippen LogP contribution in [-0.2, 0) is 15.0 Å². The molecule has 1 aliphatic rings. The summed E-state index contributed by atoms with van der Waals surface area (Å²) < 4.78 is 11.9. The lowest BCUT2D eigenvalue weighted by atomic mass is 9.67. The number of aryl methyl sites for hydroxylation is 2. The van der Waals surface area contributed by atoms with Crippen molar-refractivity contribution in [2.24, 2.45) is 0 Å². The van der Waals surface area contributed by atoms with E-state index in [4.69, 9.17) is 9.47 Å². The van der Waals surface area contributed by atoms with Gasteiger partial charge in [0, 0.05) is 11.4 Å². The second-order valence-electron chi connectivity index (χ2n) is 13.0. The molecule has 1 aliphatic carbocycles. The molecule has 7 rings (SSSR count). The molecule has 0 bridgehead atoms. The Morgan fingerprint density at radius 3 is 1.24 bits per heavy atom. The first-order valence-electron chi connectivity index (χ1n) is 17.2. The highest BCUT2D eigenvalue weighted by atomic mass is 16.5. The van der Waals surface area contributed by atoms with Gasteiger partial charge in [-0.3, -0.25) is 9.59 Å². The van der Waals surface area contributed by atoms with Gasteiger partial charge in [0.1, 0.15) is 11.5 Å². The molecule has 254 valence electrons. The van der Waals surface area contributed by atoms with Gasteiger partial charge in [-0.05, 0) is 109 Å². The number of fused-ring (bicyclic) bond motifs is 3. The van der Waals surface area contributed by atoms with Crippen LogP contribution in [0.2, 0.25) is 0 Å². The summed E-state index contributed by atoms with van der Waals surface area (Å²) in [4.78, 5) is 26.3. The Balaban J connectivity index is 1.19. The van der Waals surface area contributed by atoms with Crippen molar-refractivity contribution in [3.8, 4) is 22.6 Å². The van der Waals surface area contributed by atoms with E-state index in [9.17, 15) is 9.59 Å². The minimum Gasteiger partial charge on any atom is -0.481 e. The summed E-state index contributed by atoms with van der Waals surface area (Å²) in [7, 11) is 0. The average molecular weight is 673 g/mol. The molecule has 2 N–H and O–H groups in total. The van der Waals surface area contributed by atoms with E-state index >= 15 is 0 Å².